The molecule has 1 aromatic rings. The number of rotatable bonds is 2. The van der Waals surface area contributed by atoms with Crippen LogP contribution in [0, 0.1) is 0 Å². The normalized spacial score (nSPS) is 24.0. The van der Waals surface area contributed by atoms with E-state index in [1.807, 2.05) is 0 Å². The molecule has 0 bridgehead atoms. The first-order valence-electron chi connectivity index (χ1n) is 7.30. The predicted molar refractivity (Wildman–Crippen MR) is 75.5 cm³/mol. The minimum atomic E-state index is 0.642. The average molecular weight is 263 g/mol. The Balaban J connectivity index is 1.87. The number of benzene rings is 1. The van der Waals surface area contributed by atoms with E-state index in [4.69, 9.17) is 4.74 Å². The van der Waals surface area contributed by atoms with Crippen LogP contribution >= 0.6 is 0 Å². The molecule has 1 saturated heterocycles. The number of fused-ring (bicyclic) bond motifs is 1. The van der Waals surface area contributed by atoms with Crippen LogP contribution in [0.2, 0.25) is 0 Å². The summed E-state index contributed by atoms with van der Waals surface area (Å²) in [6.07, 6.45) is 0. The van der Waals surface area contributed by atoms with E-state index in [1.54, 1.807) is 10.5 Å². The van der Waals surface area contributed by atoms with Crippen LogP contribution in [0.5, 0.6) is 0 Å². The summed E-state index contributed by atoms with van der Waals surface area (Å²) < 4.78 is 5.49. The fourth-order valence-corrected chi connectivity index (χ4v) is 3.29. The summed E-state index contributed by atoms with van der Waals surface area (Å²) in [5.41, 5.74) is 4.39. The number of nitrogens with zero attached hydrogens (tertiary/aromatic N) is 1. The third kappa shape index (κ3) is 2.61. The maximum absolute atomic E-state index is 5.49. The van der Waals surface area contributed by atoms with Crippen LogP contribution in [0.1, 0.15) is 17.2 Å². The largest absolute Gasteiger partial charge is 0.378 e. The lowest BCUT2D eigenvalue weighted by atomic mass is 9.94. The Labute approximate surface area is 115 Å². The van der Waals surface area contributed by atoms with Crippen molar-refractivity contribution in [2.45, 2.75) is 12.6 Å². The van der Waals surface area contributed by atoms with Gasteiger partial charge in [0, 0.05) is 30.9 Å². The van der Waals surface area contributed by atoms with Gasteiger partial charge in [-0.25, -0.2) is 0 Å². The zero-order valence-corrected chi connectivity index (χ0v) is 12.0. The van der Waals surface area contributed by atoms with E-state index in [2.05, 4.69) is 42.5 Å². The lowest BCUT2D eigenvalue weighted by Crippen LogP contribution is -3.17. The molecule has 0 aliphatic carbocycles. The van der Waals surface area contributed by atoms with Gasteiger partial charge in [-0.3, -0.25) is 0 Å². The third-order valence-electron chi connectivity index (χ3n) is 4.41. The fraction of sp³-hybridized carbons (Fsp3) is 0.600. The first-order chi connectivity index (χ1) is 9.25. The molecule has 0 saturated carbocycles. The van der Waals surface area contributed by atoms with E-state index >= 15 is 0 Å². The van der Waals surface area contributed by atoms with Gasteiger partial charge in [0.1, 0.15) is 26.2 Å². The van der Waals surface area contributed by atoms with Gasteiger partial charge in [-0.1, -0.05) is 6.07 Å². The minimum absolute atomic E-state index is 0.642. The number of anilines is 1. The van der Waals surface area contributed by atoms with E-state index in [1.165, 1.54) is 17.8 Å². The second kappa shape index (κ2) is 5.49. The van der Waals surface area contributed by atoms with Gasteiger partial charge in [-0.2, -0.15) is 0 Å². The van der Waals surface area contributed by atoms with Gasteiger partial charge >= 0.3 is 0 Å². The fourth-order valence-electron chi connectivity index (χ4n) is 3.29. The monoisotopic (exact) mass is 263 g/mol. The lowest BCUT2D eigenvalue weighted by Gasteiger charge is -2.34. The molecule has 3 N–H and O–H groups in total. The van der Waals surface area contributed by atoms with Crippen LogP contribution < -0.4 is 15.1 Å². The second-order valence-corrected chi connectivity index (χ2v) is 5.83. The summed E-state index contributed by atoms with van der Waals surface area (Å²) in [6, 6.07) is 7.61. The lowest BCUT2D eigenvalue weighted by molar-refractivity contribution is -0.954. The van der Waals surface area contributed by atoms with Crippen molar-refractivity contribution >= 4 is 5.69 Å². The van der Waals surface area contributed by atoms with E-state index in [0.717, 1.165) is 32.8 Å². The van der Waals surface area contributed by atoms with E-state index in [9.17, 15) is 0 Å². The van der Waals surface area contributed by atoms with Crippen LogP contribution in [0.15, 0.2) is 18.2 Å². The first-order valence-corrected chi connectivity index (χ1v) is 7.30. The Hall–Kier alpha value is -1.10. The van der Waals surface area contributed by atoms with Gasteiger partial charge in [0.05, 0.1) is 13.2 Å². The summed E-state index contributed by atoms with van der Waals surface area (Å²) >= 11 is 0. The number of morpholine rings is 1. The van der Waals surface area contributed by atoms with Crippen molar-refractivity contribution in [2.24, 2.45) is 0 Å². The number of nitrogens with one attached hydrogen (secondary N) is 1. The first kappa shape index (κ1) is 12.9. The molecular formula is C15H25N3O+2. The molecule has 0 radical (unpaired) electrons. The van der Waals surface area contributed by atoms with Crippen molar-refractivity contribution in [2.75, 3.05) is 51.8 Å². The zero-order chi connectivity index (χ0) is 13.2. The van der Waals surface area contributed by atoms with Gasteiger partial charge in [-0.05, 0) is 12.1 Å². The van der Waals surface area contributed by atoms with Crippen molar-refractivity contribution in [1.29, 1.82) is 0 Å². The Morgan fingerprint density at radius 3 is 2.79 bits per heavy atom. The van der Waals surface area contributed by atoms with Crippen LogP contribution in [-0.4, -0.2) is 46.9 Å². The molecule has 0 amide bonds. The molecule has 1 atom stereocenters. The highest BCUT2D eigenvalue weighted by Crippen LogP contribution is 2.23. The molecule has 1 aromatic carbocycles. The minimum Gasteiger partial charge on any atom is -0.378 e. The van der Waals surface area contributed by atoms with Crippen molar-refractivity contribution in [3.63, 3.8) is 0 Å². The highest BCUT2D eigenvalue weighted by atomic mass is 16.5. The summed E-state index contributed by atoms with van der Waals surface area (Å²) in [7, 11) is 4.22. The molecule has 2 aliphatic heterocycles. The van der Waals surface area contributed by atoms with Gasteiger partial charge in [0.25, 0.3) is 0 Å². The highest BCUT2D eigenvalue weighted by Gasteiger charge is 2.32. The number of quaternary nitrogens is 2. The maximum Gasteiger partial charge on any atom is 0.163 e. The van der Waals surface area contributed by atoms with Gasteiger partial charge in [-0.15, -0.1) is 0 Å². The average Bonchev–Trinajstić information content (AvgIpc) is 2.47. The molecule has 2 aliphatic rings. The Morgan fingerprint density at radius 1 is 1.26 bits per heavy atom. The molecule has 1 fully saturated rings. The van der Waals surface area contributed by atoms with Crippen LogP contribution in [0.25, 0.3) is 0 Å². The Bertz CT molecular complexity index is 441. The molecule has 0 unspecified atom stereocenters. The molecular weight excluding hydrogens is 238 g/mol. The van der Waals surface area contributed by atoms with E-state index in [-0.39, 0.29) is 0 Å². The molecule has 19 heavy (non-hydrogen) atoms. The summed E-state index contributed by atoms with van der Waals surface area (Å²) in [4.78, 5) is 3.88. The van der Waals surface area contributed by atoms with Crippen LogP contribution in [0.3, 0.4) is 0 Å². The topological polar surface area (TPSA) is 33.5 Å². The molecule has 4 nitrogen and oxygen atoms in total. The van der Waals surface area contributed by atoms with Gasteiger partial charge in [0.15, 0.2) is 6.04 Å². The zero-order valence-electron chi connectivity index (χ0n) is 12.0. The van der Waals surface area contributed by atoms with E-state index in [0.29, 0.717) is 6.04 Å². The summed E-state index contributed by atoms with van der Waals surface area (Å²) in [5.74, 6) is 0. The van der Waals surface area contributed by atoms with Gasteiger partial charge in [0.2, 0.25) is 0 Å². The molecule has 0 aromatic heterocycles. The van der Waals surface area contributed by atoms with Gasteiger partial charge < -0.3 is 19.9 Å². The molecule has 104 valence electrons. The van der Waals surface area contributed by atoms with E-state index < -0.39 is 0 Å². The molecule has 3 rings (SSSR count). The van der Waals surface area contributed by atoms with Crippen molar-refractivity contribution in [3.05, 3.63) is 29.3 Å². The number of nitrogens with two attached hydrogens (primary N) is 1. The Morgan fingerprint density at radius 2 is 2.05 bits per heavy atom. The molecule has 4 heteroatoms. The SMILES string of the molecule is CN(C)c1ccc2c(c1)C[NH2+]C[C@H]2[NH+]1CCOCC1. The highest BCUT2D eigenvalue weighted by molar-refractivity contribution is 5.50. The number of ether oxygens (including phenoxy) is 1. The predicted octanol–water partition coefficient (Wildman–Crippen LogP) is -1.21. The summed E-state index contributed by atoms with van der Waals surface area (Å²) in [5, 5.41) is 2.45. The Kier molecular flexibility index (Phi) is 3.73. The quantitative estimate of drug-likeness (QED) is 0.702. The van der Waals surface area contributed by atoms with Crippen LogP contribution in [0.4, 0.5) is 5.69 Å². The maximum atomic E-state index is 5.49. The number of hydrogen-bond acceptors (Lipinski definition) is 2. The van der Waals surface area contributed by atoms with Crippen LogP contribution in [-0.2, 0) is 11.3 Å². The second-order valence-electron chi connectivity index (χ2n) is 5.83. The van der Waals surface area contributed by atoms with Crippen molar-refractivity contribution in [1.82, 2.24) is 0 Å². The summed E-state index contributed by atoms with van der Waals surface area (Å²) in [6.45, 7) is 6.45. The third-order valence-corrected chi connectivity index (χ3v) is 4.41. The van der Waals surface area contributed by atoms with Crippen molar-refractivity contribution < 1.29 is 15.0 Å². The molecule has 2 heterocycles. The standard InChI is InChI=1S/C15H23N3O/c1-17(2)13-3-4-14-12(9-13)10-16-11-15(14)18-5-7-19-8-6-18/h3-4,9,15-16H,5-8,10-11H2,1-2H3/p+2/t15-/m1/s1. The number of hydrogen-bond donors (Lipinski definition) is 2. The van der Waals surface area contributed by atoms with Crippen molar-refractivity contribution in [3.8, 4) is 0 Å². The smallest absolute Gasteiger partial charge is 0.163 e. The molecule has 0 spiro atoms.